The summed E-state index contributed by atoms with van der Waals surface area (Å²) in [5, 5.41) is 10.6. The van der Waals surface area contributed by atoms with Gasteiger partial charge in [-0.15, -0.1) is 11.3 Å². The van der Waals surface area contributed by atoms with Crippen molar-refractivity contribution in [1.29, 1.82) is 0 Å². The van der Waals surface area contributed by atoms with E-state index < -0.39 is 0 Å². The molecule has 1 aromatic heterocycles. The van der Waals surface area contributed by atoms with Crippen LogP contribution in [-0.2, 0) is 6.42 Å². The molecule has 4 rings (SSSR count). The molecule has 3 aromatic rings. The molecule has 0 saturated carbocycles. The Kier molecular flexibility index (Phi) is 2.72. The van der Waals surface area contributed by atoms with E-state index in [0.29, 0.717) is 0 Å². The molecule has 0 amide bonds. The fourth-order valence-corrected chi connectivity index (χ4v) is 3.77. The van der Waals surface area contributed by atoms with Gasteiger partial charge in [0.15, 0.2) is 0 Å². The Bertz CT molecular complexity index is 839. The number of aromatic nitrogens is 1. The minimum Gasteiger partial charge on any atom is -0.508 e. The van der Waals surface area contributed by atoms with E-state index in [1.165, 1.54) is 10.4 Å². The zero-order chi connectivity index (χ0) is 14.4. The molecule has 3 nitrogen and oxygen atoms in total. The number of nitrogens with zero attached hydrogens (tertiary/aromatic N) is 1. The van der Waals surface area contributed by atoms with E-state index in [2.05, 4.69) is 6.07 Å². The molecule has 0 spiro atoms. The summed E-state index contributed by atoms with van der Waals surface area (Å²) >= 11 is 1.69. The molecule has 1 aliphatic carbocycles. The third kappa shape index (κ3) is 1.99. The molecule has 1 aliphatic rings. The fourth-order valence-electron chi connectivity index (χ4n) is 2.67. The zero-order valence-corrected chi connectivity index (χ0v) is 12.3. The maximum absolute atomic E-state index is 9.61. The molecule has 0 saturated heterocycles. The lowest BCUT2D eigenvalue weighted by Crippen LogP contribution is -1.86. The van der Waals surface area contributed by atoms with E-state index >= 15 is 0 Å². The summed E-state index contributed by atoms with van der Waals surface area (Å²) < 4.78 is 5.30. The van der Waals surface area contributed by atoms with Crippen molar-refractivity contribution in [2.24, 2.45) is 0 Å². The Morgan fingerprint density at radius 2 is 2.10 bits per heavy atom. The highest BCUT2D eigenvalue weighted by molar-refractivity contribution is 7.15. The van der Waals surface area contributed by atoms with E-state index in [4.69, 9.17) is 9.72 Å². The van der Waals surface area contributed by atoms with Gasteiger partial charge in [-0.25, -0.2) is 4.98 Å². The first-order chi connectivity index (χ1) is 10.2. The predicted octanol–water partition coefficient (Wildman–Crippen LogP) is 4.10. The minimum absolute atomic E-state index is 0.268. The van der Waals surface area contributed by atoms with Gasteiger partial charge in [0, 0.05) is 22.4 Å². The summed E-state index contributed by atoms with van der Waals surface area (Å²) in [6.45, 7) is 0. The molecule has 0 fully saturated rings. The number of ether oxygens (including phenoxy) is 1. The average Bonchev–Trinajstić information content (AvgIpc) is 3.04. The van der Waals surface area contributed by atoms with Crippen LogP contribution in [0.2, 0.25) is 0 Å². The second kappa shape index (κ2) is 4.60. The monoisotopic (exact) mass is 295 g/mol. The van der Waals surface area contributed by atoms with Crippen LogP contribution in [-0.4, -0.2) is 17.2 Å². The quantitative estimate of drug-likeness (QED) is 0.605. The number of phenolic OH excluding ortho intramolecular Hbond substituents is 1. The molecule has 0 radical (unpaired) electrons. The van der Waals surface area contributed by atoms with Crippen molar-refractivity contribution in [2.45, 2.75) is 6.42 Å². The van der Waals surface area contributed by atoms with Crippen LogP contribution in [0.15, 0.2) is 42.5 Å². The van der Waals surface area contributed by atoms with Crippen molar-refractivity contribution in [3.05, 3.63) is 52.9 Å². The van der Waals surface area contributed by atoms with Gasteiger partial charge >= 0.3 is 0 Å². The van der Waals surface area contributed by atoms with Crippen molar-refractivity contribution in [1.82, 2.24) is 4.98 Å². The van der Waals surface area contributed by atoms with Crippen molar-refractivity contribution < 1.29 is 9.84 Å². The molecule has 0 aliphatic heterocycles. The summed E-state index contributed by atoms with van der Waals surface area (Å²) in [6, 6.07) is 13.4. The Morgan fingerprint density at radius 3 is 2.90 bits per heavy atom. The summed E-state index contributed by atoms with van der Waals surface area (Å²) in [4.78, 5) is 6.05. The maximum Gasteiger partial charge on any atom is 0.124 e. The number of thiazole rings is 1. The number of fused-ring (bicyclic) bond motifs is 3. The predicted molar refractivity (Wildman–Crippen MR) is 84.0 cm³/mol. The lowest BCUT2D eigenvalue weighted by molar-refractivity contribution is 0.415. The largest absolute Gasteiger partial charge is 0.508 e. The lowest BCUT2D eigenvalue weighted by atomic mass is 10.1. The van der Waals surface area contributed by atoms with Gasteiger partial charge in [0.05, 0.1) is 12.8 Å². The first kappa shape index (κ1) is 12.4. The van der Waals surface area contributed by atoms with Crippen LogP contribution in [0.1, 0.15) is 10.4 Å². The van der Waals surface area contributed by atoms with Gasteiger partial charge < -0.3 is 9.84 Å². The number of hydrogen-bond donors (Lipinski definition) is 1. The highest BCUT2D eigenvalue weighted by Gasteiger charge is 2.24. The van der Waals surface area contributed by atoms with Gasteiger partial charge in [-0.2, -0.15) is 0 Å². The number of methoxy groups -OCH3 is 1. The van der Waals surface area contributed by atoms with E-state index in [1.54, 1.807) is 30.6 Å². The van der Waals surface area contributed by atoms with Crippen molar-refractivity contribution in [3.63, 3.8) is 0 Å². The van der Waals surface area contributed by atoms with E-state index in [-0.39, 0.29) is 5.75 Å². The van der Waals surface area contributed by atoms with Crippen LogP contribution in [0.3, 0.4) is 0 Å². The van der Waals surface area contributed by atoms with Crippen LogP contribution in [0.4, 0.5) is 0 Å². The molecule has 0 atom stereocenters. The first-order valence-corrected chi connectivity index (χ1v) is 7.52. The van der Waals surface area contributed by atoms with Gasteiger partial charge in [0.25, 0.3) is 0 Å². The Hall–Kier alpha value is -2.33. The van der Waals surface area contributed by atoms with Gasteiger partial charge in [-0.3, -0.25) is 0 Å². The first-order valence-electron chi connectivity index (χ1n) is 6.71. The second-order valence-corrected chi connectivity index (χ2v) is 6.12. The number of aromatic hydroxyl groups is 1. The van der Waals surface area contributed by atoms with Crippen molar-refractivity contribution >= 4 is 11.3 Å². The highest BCUT2D eigenvalue weighted by atomic mass is 32.1. The number of phenols is 1. The topological polar surface area (TPSA) is 42.4 Å². The SMILES string of the molecule is COc1ccc2c(c1)-c1nc(-c3cccc(O)c3)sc1C2. The van der Waals surface area contributed by atoms with Crippen molar-refractivity contribution in [2.75, 3.05) is 7.11 Å². The van der Waals surface area contributed by atoms with Crippen LogP contribution in [0.5, 0.6) is 11.5 Å². The summed E-state index contributed by atoms with van der Waals surface area (Å²) in [5.74, 6) is 1.12. The van der Waals surface area contributed by atoms with Crippen LogP contribution in [0, 0.1) is 0 Å². The fraction of sp³-hybridized carbons (Fsp3) is 0.118. The van der Waals surface area contributed by atoms with E-state index in [9.17, 15) is 5.11 Å². The van der Waals surface area contributed by atoms with Crippen LogP contribution < -0.4 is 4.74 Å². The second-order valence-electron chi connectivity index (χ2n) is 5.04. The Morgan fingerprint density at radius 1 is 1.19 bits per heavy atom. The van der Waals surface area contributed by atoms with Gasteiger partial charge in [0.2, 0.25) is 0 Å². The molecule has 4 heteroatoms. The van der Waals surface area contributed by atoms with Crippen molar-refractivity contribution in [3.8, 4) is 33.3 Å². The molecule has 0 unspecified atom stereocenters. The highest BCUT2D eigenvalue weighted by Crippen LogP contribution is 2.43. The Labute approximate surface area is 126 Å². The normalized spacial score (nSPS) is 12.0. The Balaban J connectivity index is 1.81. The molecular formula is C17H13NO2S. The minimum atomic E-state index is 0.268. The molecule has 21 heavy (non-hydrogen) atoms. The van der Waals surface area contributed by atoms with Crippen LogP contribution in [0.25, 0.3) is 21.8 Å². The smallest absolute Gasteiger partial charge is 0.124 e. The molecule has 1 N–H and O–H groups in total. The summed E-state index contributed by atoms with van der Waals surface area (Å²) in [6.07, 6.45) is 0.922. The van der Waals surface area contributed by atoms with E-state index in [1.807, 2.05) is 24.3 Å². The number of hydrogen-bond acceptors (Lipinski definition) is 4. The van der Waals surface area contributed by atoms with E-state index in [0.717, 1.165) is 34.0 Å². The maximum atomic E-state index is 9.61. The lowest BCUT2D eigenvalue weighted by Gasteiger charge is -2.03. The third-order valence-electron chi connectivity index (χ3n) is 3.71. The number of rotatable bonds is 2. The van der Waals surface area contributed by atoms with Gasteiger partial charge in [-0.1, -0.05) is 18.2 Å². The van der Waals surface area contributed by atoms with Gasteiger partial charge in [0.1, 0.15) is 16.5 Å². The van der Waals surface area contributed by atoms with Gasteiger partial charge in [-0.05, 0) is 29.8 Å². The molecule has 2 aromatic carbocycles. The summed E-state index contributed by atoms with van der Waals surface area (Å²) in [5.41, 5.74) is 4.46. The number of benzene rings is 2. The molecule has 0 bridgehead atoms. The third-order valence-corrected chi connectivity index (χ3v) is 4.82. The molecule has 1 heterocycles. The molecular weight excluding hydrogens is 282 g/mol. The average molecular weight is 295 g/mol. The summed E-state index contributed by atoms with van der Waals surface area (Å²) in [7, 11) is 1.68. The van der Waals surface area contributed by atoms with Crippen LogP contribution >= 0.6 is 11.3 Å². The standard InChI is InChI=1S/C17H13NO2S/c1-20-13-6-5-10-8-15-16(14(10)9-13)18-17(21-15)11-3-2-4-12(19)7-11/h2-7,9,19H,8H2,1H3. The molecule has 104 valence electrons. The zero-order valence-electron chi connectivity index (χ0n) is 11.5.